The van der Waals surface area contributed by atoms with E-state index in [1.165, 1.54) is 24.3 Å². The van der Waals surface area contributed by atoms with Crippen molar-refractivity contribution < 1.29 is 14.3 Å². The Balaban J connectivity index is 2.45. The zero-order valence-corrected chi connectivity index (χ0v) is 11.4. The van der Waals surface area contributed by atoms with E-state index < -0.39 is 0 Å². The molecule has 1 rings (SSSR count). The van der Waals surface area contributed by atoms with E-state index in [0.29, 0.717) is 12.1 Å². The second kappa shape index (κ2) is 7.21. The Kier molecular flexibility index (Phi) is 5.92. The molecule has 3 N–H and O–H groups in total. The highest BCUT2D eigenvalue weighted by molar-refractivity contribution is 5.92. The zero-order valence-electron chi connectivity index (χ0n) is 11.4. The maximum atomic E-state index is 12.7. The van der Waals surface area contributed by atoms with Gasteiger partial charge in [0.25, 0.3) is 0 Å². The largest absolute Gasteiger partial charge is 0.396 e. The Hall–Kier alpha value is -1.46. The van der Waals surface area contributed by atoms with Crippen molar-refractivity contribution in [3.8, 4) is 0 Å². The van der Waals surface area contributed by atoms with E-state index >= 15 is 0 Å². The van der Waals surface area contributed by atoms with Gasteiger partial charge in [-0.2, -0.15) is 0 Å². The number of nitrogens with one attached hydrogen (secondary N) is 2. The number of anilines is 1. The lowest BCUT2D eigenvalue weighted by Gasteiger charge is -2.28. The highest BCUT2D eigenvalue weighted by Gasteiger charge is 2.21. The van der Waals surface area contributed by atoms with Gasteiger partial charge in [0, 0.05) is 17.8 Å². The maximum Gasteiger partial charge on any atom is 0.238 e. The van der Waals surface area contributed by atoms with E-state index in [4.69, 9.17) is 5.11 Å². The molecule has 1 amide bonds. The van der Waals surface area contributed by atoms with Crippen LogP contribution in [0.5, 0.6) is 0 Å². The molecule has 1 atom stereocenters. The molecule has 0 aliphatic rings. The van der Waals surface area contributed by atoms with E-state index in [9.17, 15) is 9.18 Å². The summed E-state index contributed by atoms with van der Waals surface area (Å²) in [6.07, 6.45) is 1.41. The normalized spacial score (nSPS) is 13.9. The van der Waals surface area contributed by atoms with E-state index in [-0.39, 0.29) is 30.4 Å². The first-order valence-electron chi connectivity index (χ1n) is 6.40. The third-order valence-electron chi connectivity index (χ3n) is 3.25. The smallest absolute Gasteiger partial charge is 0.238 e. The Morgan fingerprint density at radius 3 is 2.53 bits per heavy atom. The number of carbonyl (C=O) groups excluding carboxylic acids is 1. The van der Waals surface area contributed by atoms with E-state index in [2.05, 4.69) is 10.6 Å². The fourth-order valence-corrected chi connectivity index (χ4v) is 1.67. The SMILES string of the molecule is CCC(C)(CCO)NCC(=O)Nc1ccc(F)cc1. The number of aliphatic hydroxyl groups excluding tert-OH is 1. The molecule has 106 valence electrons. The summed E-state index contributed by atoms with van der Waals surface area (Å²) in [4.78, 5) is 11.7. The average molecular weight is 268 g/mol. The van der Waals surface area contributed by atoms with E-state index in [1.807, 2.05) is 13.8 Å². The van der Waals surface area contributed by atoms with Crippen LogP contribution in [0, 0.1) is 5.82 Å². The van der Waals surface area contributed by atoms with Gasteiger partial charge in [0.2, 0.25) is 5.91 Å². The van der Waals surface area contributed by atoms with Gasteiger partial charge in [-0.15, -0.1) is 0 Å². The van der Waals surface area contributed by atoms with Gasteiger partial charge in [0.1, 0.15) is 5.82 Å². The minimum atomic E-state index is -0.336. The lowest BCUT2D eigenvalue weighted by Crippen LogP contribution is -2.46. The van der Waals surface area contributed by atoms with Gasteiger partial charge < -0.3 is 15.7 Å². The van der Waals surface area contributed by atoms with Crippen molar-refractivity contribution in [1.82, 2.24) is 5.32 Å². The summed E-state index contributed by atoms with van der Waals surface area (Å²) >= 11 is 0. The van der Waals surface area contributed by atoms with Gasteiger partial charge in [-0.3, -0.25) is 4.79 Å². The number of benzene rings is 1. The molecule has 0 saturated heterocycles. The van der Waals surface area contributed by atoms with E-state index in [0.717, 1.165) is 6.42 Å². The van der Waals surface area contributed by atoms with Crippen molar-refractivity contribution in [3.05, 3.63) is 30.1 Å². The topological polar surface area (TPSA) is 61.4 Å². The molecule has 1 aromatic carbocycles. The molecule has 0 aromatic heterocycles. The van der Waals surface area contributed by atoms with E-state index in [1.54, 1.807) is 0 Å². The summed E-state index contributed by atoms with van der Waals surface area (Å²) in [7, 11) is 0. The van der Waals surface area contributed by atoms with Gasteiger partial charge in [0.15, 0.2) is 0 Å². The lowest BCUT2D eigenvalue weighted by molar-refractivity contribution is -0.115. The van der Waals surface area contributed by atoms with Gasteiger partial charge >= 0.3 is 0 Å². The van der Waals surface area contributed by atoms with Crippen molar-refractivity contribution in [1.29, 1.82) is 0 Å². The third-order valence-corrected chi connectivity index (χ3v) is 3.25. The number of hydrogen-bond acceptors (Lipinski definition) is 3. The van der Waals surface area contributed by atoms with Crippen LogP contribution in [-0.2, 0) is 4.79 Å². The quantitative estimate of drug-likeness (QED) is 0.708. The number of halogens is 1. The van der Waals surface area contributed by atoms with Crippen LogP contribution in [0.2, 0.25) is 0 Å². The van der Waals surface area contributed by atoms with Crippen molar-refractivity contribution in [2.75, 3.05) is 18.5 Å². The molecule has 0 bridgehead atoms. The van der Waals surface area contributed by atoms with Crippen LogP contribution in [0.1, 0.15) is 26.7 Å². The molecular formula is C14H21FN2O2. The molecule has 19 heavy (non-hydrogen) atoms. The van der Waals surface area contributed by atoms with Crippen molar-refractivity contribution in [3.63, 3.8) is 0 Å². The Bertz CT molecular complexity index is 408. The lowest BCUT2D eigenvalue weighted by atomic mass is 9.95. The first-order chi connectivity index (χ1) is 8.99. The number of carbonyl (C=O) groups is 1. The maximum absolute atomic E-state index is 12.7. The van der Waals surface area contributed by atoms with Gasteiger partial charge in [-0.25, -0.2) is 4.39 Å². The summed E-state index contributed by atoms with van der Waals surface area (Å²) in [6, 6.07) is 5.62. The van der Waals surface area contributed by atoms with Crippen molar-refractivity contribution >= 4 is 11.6 Å². The first-order valence-corrected chi connectivity index (χ1v) is 6.40. The Morgan fingerprint density at radius 2 is 2.00 bits per heavy atom. The molecule has 1 aromatic rings. The predicted octanol–water partition coefficient (Wildman–Crippen LogP) is 1.90. The summed E-state index contributed by atoms with van der Waals surface area (Å²) in [6.45, 7) is 4.20. The van der Waals surface area contributed by atoms with Crippen LogP contribution in [0.4, 0.5) is 10.1 Å². The second-order valence-electron chi connectivity index (χ2n) is 4.80. The first kappa shape index (κ1) is 15.6. The average Bonchev–Trinajstić information content (AvgIpc) is 2.40. The molecule has 0 heterocycles. The molecule has 0 radical (unpaired) electrons. The predicted molar refractivity (Wildman–Crippen MR) is 73.4 cm³/mol. The fraction of sp³-hybridized carbons (Fsp3) is 0.500. The molecule has 0 spiro atoms. The van der Waals surface area contributed by atoms with Gasteiger partial charge in [-0.05, 0) is 44.0 Å². The summed E-state index contributed by atoms with van der Waals surface area (Å²) < 4.78 is 12.7. The molecule has 0 aliphatic heterocycles. The highest BCUT2D eigenvalue weighted by Crippen LogP contribution is 2.13. The van der Waals surface area contributed by atoms with Crippen molar-refractivity contribution in [2.45, 2.75) is 32.2 Å². The van der Waals surface area contributed by atoms with Gasteiger partial charge in [-0.1, -0.05) is 6.92 Å². The molecule has 0 fully saturated rings. The monoisotopic (exact) mass is 268 g/mol. The molecule has 4 nitrogen and oxygen atoms in total. The number of hydrogen-bond donors (Lipinski definition) is 3. The number of amides is 1. The summed E-state index contributed by atoms with van der Waals surface area (Å²) in [5, 5.41) is 14.8. The minimum absolute atomic E-state index is 0.0803. The number of aliphatic hydroxyl groups is 1. The van der Waals surface area contributed by atoms with Crippen LogP contribution < -0.4 is 10.6 Å². The molecule has 0 aliphatic carbocycles. The van der Waals surface area contributed by atoms with Gasteiger partial charge in [0.05, 0.1) is 6.54 Å². The Morgan fingerprint density at radius 1 is 1.37 bits per heavy atom. The molecule has 5 heteroatoms. The zero-order chi connectivity index (χ0) is 14.3. The van der Waals surface area contributed by atoms with Crippen LogP contribution in [0.3, 0.4) is 0 Å². The molecule has 1 unspecified atom stereocenters. The fourth-order valence-electron chi connectivity index (χ4n) is 1.67. The standard InChI is InChI=1S/C14H21FN2O2/c1-3-14(2,8-9-18)16-10-13(19)17-12-6-4-11(15)5-7-12/h4-7,16,18H,3,8-10H2,1-2H3,(H,17,19). The third kappa shape index (κ3) is 5.36. The Labute approximate surface area is 113 Å². The summed E-state index contributed by atoms with van der Waals surface area (Å²) in [5.74, 6) is -0.526. The minimum Gasteiger partial charge on any atom is -0.396 e. The second-order valence-corrected chi connectivity index (χ2v) is 4.80. The number of rotatable bonds is 7. The molecular weight excluding hydrogens is 247 g/mol. The highest BCUT2D eigenvalue weighted by atomic mass is 19.1. The van der Waals surface area contributed by atoms with Crippen LogP contribution in [0.25, 0.3) is 0 Å². The van der Waals surface area contributed by atoms with Crippen LogP contribution in [0.15, 0.2) is 24.3 Å². The molecule has 0 saturated carbocycles. The van der Waals surface area contributed by atoms with Crippen molar-refractivity contribution in [2.24, 2.45) is 0 Å². The van der Waals surface area contributed by atoms with Crippen LogP contribution in [-0.4, -0.2) is 29.7 Å². The summed E-state index contributed by atoms with van der Waals surface area (Å²) in [5.41, 5.74) is 0.308. The van der Waals surface area contributed by atoms with Crippen LogP contribution >= 0.6 is 0 Å².